The largest absolute Gasteiger partial charge is 0.339 e. The number of benzene rings is 3. The topological polar surface area (TPSA) is 38.1 Å². The summed E-state index contributed by atoms with van der Waals surface area (Å²) in [7, 11) is 0. The monoisotopic (exact) mass is 395 g/mol. The van der Waals surface area contributed by atoms with Crippen molar-refractivity contribution in [1.82, 2.24) is 14.5 Å². The quantitative estimate of drug-likeness (QED) is 0.481. The molecule has 1 aromatic heterocycles. The van der Waals surface area contributed by atoms with Crippen LogP contribution in [0.3, 0.4) is 0 Å². The fourth-order valence-corrected chi connectivity index (χ4v) is 4.41. The van der Waals surface area contributed by atoms with Crippen LogP contribution >= 0.6 is 0 Å². The molecule has 1 fully saturated rings. The lowest BCUT2D eigenvalue weighted by molar-refractivity contribution is 0.0690. The van der Waals surface area contributed by atoms with Gasteiger partial charge in [-0.2, -0.15) is 0 Å². The molecule has 0 spiro atoms. The molecule has 3 aromatic carbocycles. The number of imidazole rings is 1. The fourth-order valence-electron chi connectivity index (χ4n) is 4.41. The van der Waals surface area contributed by atoms with Crippen LogP contribution < -0.4 is 0 Å². The number of hydrogen-bond donors (Lipinski definition) is 0. The van der Waals surface area contributed by atoms with E-state index in [4.69, 9.17) is 0 Å². The van der Waals surface area contributed by atoms with Crippen LogP contribution in [0.4, 0.5) is 0 Å². The number of carbonyl (C=O) groups excluding carboxylic acids is 1. The summed E-state index contributed by atoms with van der Waals surface area (Å²) in [6, 6.07) is 26.7. The van der Waals surface area contributed by atoms with Gasteiger partial charge >= 0.3 is 0 Å². The highest BCUT2D eigenvalue weighted by molar-refractivity contribution is 5.97. The van der Waals surface area contributed by atoms with Crippen LogP contribution in [0.1, 0.15) is 28.8 Å². The first-order chi connectivity index (χ1) is 14.8. The Balaban J connectivity index is 1.27. The summed E-state index contributed by atoms with van der Waals surface area (Å²) in [5.41, 5.74) is 5.05. The molecule has 4 aromatic rings. The second-order valence-corrected chi connectivity index (χ2v) is 8.08. The van der Waals surface area contributed by atoms with E-state index in [0.717, 1.165) is 54.6 Å². The standard InChI is InChI=1S/C26H25N3O/c30-26(28-15-13-21(14-16-28)17-20-7-3-1-4-8-20)22-11-12-25-24(18-22)27-19-29(25)23-9-5-2-6-10-23/h1-12,18-19,21H,13-17H2. The average Bonchev–Trinajstić information content (AvgIpc) is 3.24. The lowest BCUT2D eigenvalue weighted by Crippen LogP contribution is -2.38. The molecule has 0 aliphatic carbocycles. The number of rotatable bonds is 4. The molecule has 1 aliphatic heterocycles. The third-order valence-corrected chi connectivity index (χ3v) is 6.10. The number of amides is 1. The van der Waals surface area contributed by atoms with Gasteiger partial charge in [0.25, 0.3) is 5.91 Å². The number of aromatic nitrogens is 2. The van der Waals surface area contributed by atoms with Crippen LogP contribution in [0.15, 0.2) is 85.2 Å². The van der Waals surface area contributed by atoms with Gasteiger partial charge in [0.15, 0.2) is 0 Å². The Morgan fingerprint density at radius 1 is 0.900 bits per heavy atom. The third-order valence-electron chi connectivity index (χ3n) is 6.10. The van der Waals surface area contributed by atoms with Gasteiger partial charge in [-0.25, -0.2) is 4.98 Å². The van der Waals surface area contributed by atoms with Gasteiger partial charge in [0.1, 0.15) is 6.33 Å². The zero-order chi connectivity index (χ0) is 20.3. The van der Waals surface area contributed by atoms with Crippen LogP contribution in [0.2, 0.25) is 0 Å². The molecule has 4 heteroatoms. The van der Waals surface area contributed by atoms with E-state index in [1.807, 2.05) is 47.6 Å². The average molecular weight is 396 g/mol. The second-order valence-electron chi connectivity index (χ2n) is 8.08. The molecule has 1 aliphatic rings. The predicted octanol–water partition coefficient (Wildman–Crippen LogP) is 5.12. The molecule has 0 N–H and O–H groups in total. The molecule has 0 saturated carbocycles. The first-order valence-corrected chi connectivity index (χ1v) is 10.6. The molecule has 0 radical (unpaired) electrons. The van der Waals surface area contributed by atoms with Crippen molar-refractivity contribution in [3.8, 4) is 5.69 Å². The Morgan fingerprint density at radius 2 is 1.60 bits per heavy atom. The van der Waals surface area contributed by atoms with Crippen molar-refractivity contribution in [1.29, 1.82) is 0 Å². The molecule has 0 unspecified atom stereocenters. The van der Waals surface area contributed by atoms with Crippen molar-refractivity contribution in [3.05, 3.63) is 96.3 Å². The van der Waals surface area contributed by atoms with Gasteiger partial charge in [0.05, 0.1) is 11.0 Å². The molecule has 1 amide bonds. The van der Waals surface area contributed by atoms with Gasteiger partial charge in [0, 0.05) is 24.3 Å². The van der Waals surface area contributed by atoms with Crippen LogP contribution in [-0.4, -0.2) is 33.4 Å². The Bertz CT molecular complexity index is 1140. The molecular weight excluding hydrogens is 370 g/mol. The Labute approximate surface area is 176 Å². The zero-order valence-corrected chi connectivity index (χ0v) is 16.9. The van der Waals surface area contributed by atoms with Gasteiger partial charge in [-0.1, -0.05) is 48.5 Å². The summed E-state index contributed by atoms with van der Waals surface area (Å²) in [6.07, 6.45) is 5.05. The van der Waals surface area contributed by atoms with E-state index >= 15 is 0 Å². The van der Waals surface area contributed by atoms with Crippen LogP contribution in [0, 0.1) is 5.92 Å². The zero-order valence-electron chi connectivity index (χ0n) is 16.9. The van der Waals surface area contributed by atoms with Gasteiger partial charge in [0.2, 0.25) is 0 Å². The highest BCUT2D eigenvalue weighted by atomic mass is 16.2. The minimum Gasteiger partial charge on any atom is -0.339 e. The summed E-state index contributed by atoms with van der Waals surface area (Å²) < 4.78 is 2.05. The normalized spacial score (nSPS) is 14.9. The summed E-state index contributed by atoms with van der Waals surface area (Å²) in [4.78, 5) is 19.6. The Morgan fingerprint density at radius 3 is 2.33 bits per heavy atom. The number of fused-ring (bicyclic) bond motifs is 1. The fraction of sp³-hybridized carbons (Fsp3) is 0.231. The highest BCUT2D eigenvalue weighted by Crippen LogP contribution is 2.24. The van der Waals surface area contributed by atoms with Crippen LogP contribution in [0.25, 0.3) is 16.7 Å². The summed E-state index contributed by atoms with van der Waals surface area (Å²) >= 11 is 0. The Kier molecular flexibility index (Phi) is 5.06. The van der Waals surface area contributed by atoms with Crippen molar-refractivity contribution in [2.45, 2.75) is 19.3 Å². The maximum atomic E-state index is 13.1. The SMILES string of the molecule is O=C(c1ccc2c(c1)ncn2-c1ccccc1)N1CCC(Cc2ccccc2)CC1. The minimum absolute atomic E-state index is 0.115. The van der Waals surface area contributed by atoms with Crippen molar-refractivity contribution in [3.63, 3.8) is 0 Å². The summed E-state index contributed by atoms with van der Waals surface area (Å²) in [5, 5.41) is 0. The lowest BCUT2D eigenvalue weighted by atomic mass is 9.90. The summed E-state index contributed by atoms with van der Waals surface area (Å²) in [5.74, 6) is 0.768. The van der Waals surface area contributed by atoms with Gasteiger partial charge in [-0.3, -0.25) is 9.36 Å². The van der Waals surface area contributed by atoms with Crippen molar-refractivity contribution in [2.75, 3.05) is 13.1 Å². The van der Waals surface area contributed by atoms with Crippen molar-refractivity contribution >= 4 is 16.9 Å². The molecule has 5 rings (SSSR count). The molecule has 30 heavy (non-hydrogen) atoms. The van der Waals surface area contributed by atoms with Gasteiger partial charge in [-0.15, -0.1) is 0 Å². The Hall–Kier alpha value is -3.40. The molecule has 2 heterocycles. The second kappa shape index (κ2) is 8.15. The number of piperidine rings is 1. The molecule has 1 saturated heterocycles. The molecule has 0 atom stereocenters. The smallest absolute Gasteiger partial charge is 0.253 e. The first-order valence-electron chi connectivity index (χ1n) is 10.6. The highest BCUT2D eigenvalue weighted by Gasteiger charge is 2.24. The molecule has 150 valence electrons. The van der Waals surface area contributed by atoms with E-state index in [-0.39, 0.29) is 5.91 Å². The van der Waals surface area contributed by atoms with E-state index in [1.165, 1.54) is 5.56 Å². The lowest BCUT2D eigenvalue weighted by Gasteiger charge is -2.32. The summed E-state index contributed by atoms with van der Waals surface area (Å²) in [6.45, 7) is 1.65. The minimum atomic E-state index is 0.115. The number of hydrogen-bond acceptors (Lipinski definition) is 2. The number of carbonyl (C=O) groups is 1. The van der Waals surface area contributed by atoms with Crippen LogP contribution in [0.5, 0.6) is 0 Å². The van der Waals surface area contributed by atoms with Crippen molar-refractivity contribution < 1.29 is 4.79 Å². The van der Waals surface area contributed by atoms with E-state index in [0.29, 0.717) is 5.92 Å². The number of para-hydroxylation sites is 1. The number of likely N-dealkylation sites (tertiary alicyclic amines) is 1. The third kappa shape index (κ3) is 3.73. The van der Waals surface area contributed by atoms with E-state index in [2.05, 4.69) is 52.0 Å². The maximum Gasteiger partial charge on any atom is 0.253 e. The first kappa shape index (κ1) is 18.6. The maximum absolute atomic E-state index is 13.1. The molecule has 0 bridgehead atoms. The number of nitrogens with zero attached hydrogens (tertiary/aromatic N) is 3. The predicted molar refractivity (Wildman–Crippen MR) is 120 cm³/mol. The van der Waals surface area contributed by atoms with Crippen LogP contribution in [-0.2, 0) is 6.42 Å². The van der Waals surface area contributed by atoms with E-state index < -0.39 is 0 Å². The molecule has 4 nitrogen and oxygen atoms in total. The van der Waals surface area contributed by atoms with Gasteiger partial charge in [-0.05, 0) is 61.1 Å². The van der Waals surface area contributed by atoms with Crippen molar-refractivity contribution in [2.24, 2.45) is 5.92 Å². The molecular formula is C26H25N3O. The van der Waals surface area contributed by atoms with E-state index in [9.17, 15) is 4.79 Å². The van der Waals surface area contributed by atoms with Gasteiger partial charge < -0.3 is 4.90 Å². The van der Waals surface area contributed by atoms with E-state index in [1.54, 1.807) is 0 Å².